The van der Waals surface area contributed by atoms with Crippen molar-refractivity contribution in [3.05, 3.63) is 92.1 Å². The van der Waals surface area contributed by atoms with Crippen molar-refractivity contribution in [3.63, 3.8) is 0 Å². The average Bonchev–Trinajstić information content (AvgIpc) is 3.33. The summed E-state index contributed by atoms with van der Waals surface area (Å²) in [6, 6.07) is 19.7. The van der Waals surface area contributed by atoms with Crippen LogP contribution in [0.3, 0.4) is 0 Å². The van der Waals surface area contributed by atoms with Gasteiger partial charge in [-0.1, -0.05) is 41.9 Å². The second kappa shape index (κ2) is 10.2. The zero-order chi connectivity index (χ0) is 26.1. The lowest BCUT2D eigenvalue weighted by molar-refractivity contribution is -0.147. The monoisotopic (exact) mass is 579 g/mol. The predicted octanol–water partition coefficient (Wildman–Crippen LogP) is 6.05. The highest BCUT2D eigenvalue weighted by molar-refractivity contribution is 9.10. The molecule has 0 fully saturated rings. The van der Waals surface area contributed by atoms with Gasteiger partial charge in [0.05, 0.1) is 33.7 Å². The van der Waals surface area contributed by atoms with E-state index in [0.29, 0.717) is 32.3 Å². The van der Waals surface area contributed by atoms with Crippen molar-refractivity contribution in [2.45, 2.75) is 13.0 Å². The molecule has 0 spiro atoms. The maximum atomic E-state index is 13.4. The quantitative estimate of drug-likeness (QED) is 0.179. The van der Waals surface area contributed by atoms with E-state index >= 15 is 0 Å². The van der Waals surface area contributed by atoms with E-state index in [1.165, 1.54) is 18.0 Å². The van der Waals surface area contributed by atoms with E-state index in [1.54, 1.807) is 37.3 Å². The normalized spacial score (nSPS) is 12.3. The third-order valence-corrected chi connectivity index (χ3v) is 6.44. The molecule has 8 nitrogen and oxygen atoms in total. The molecule has 0 N–H and O–H groups in total. The number of esters is 1. The van der Waals surface area contributed by atoms with Crippen molar-refractivity contribution in [3.8, 4) is 17.3 Å². The first-order chi connectivity index (χ1) is 17.9. The first-order valence-corrected chi connectivity index (χ1v) is 12.3. The van der Waals surface area contributed by atoms with Gasteiger partial charge in [0.25, 0.3) is 5.56 Å². The van der Waals surface area contributed by atoms with Gasteiger partial charge in [-0.15, -0.1) is 0 Å². The third kappa shape index (κ3) is 4.87. The van der Waals surface area contributed by atoms with Crippen molar-refractivity contribution in [1.82, 2.24) is 9.66 Å². The average molecular weight is 581 g/mol. The Morgan fingerprint density at radius 3 is 2.68 bits per heavy atom. The summed E-state index contributed by atoms with van der Waals surface area (Å²) in [5.74, 6) is 0.410. The van der Waals surface area contributed by atoms with E-state index in [4.69, 9.17) is 25.5 Å². The maximum Gasteiger partial charge on any atom is 0.346 e. The summed E-state index contributed by atoms with van der Waals surface area (Å²) in [4.78, 5) is 29.8. The molecule has 186 valence electrons. The number of ether oxygens (including phenoxy) is 2. The summed E-state index contributed by atoms with van der Waals surface area (Å²) in [7, 11) is 1.28. The van der Waals surface area contributed by atoms with E-state index in [2.05, 4.69) is 26.0 Å². The molecule has 0 unspecified atom stereocenters. The summed E-state index contributed by atoms with van der Waals surface area (Å²) >= 11 is 9.85. The van der Waals surface area contributed by atoms with Gasteiger partial charge >= 0.3 is 5.97 Å². The van der Waals surface area contributed by atoms with Crippen LogP contribution in [0.15, 0.2) is 85.5 Å². The molecule has 0 amide bonds. The number of para-hydroxylation sites is 2. The van der Waals surface area contributed by atoms with Crippen LogP contribution in [0.4, 0.5) is 0 Å². The van der Waals surface area contributed by atoms with Crippen LogP contribution >= 0.6 is 27.5 Å². The summed E-state index contributed by atoms with van der Waals surface area (Å²) in [6.45, 7) is 1.56. The van der Waals surface area contributed by atoms with Crippen molar-refractivity contribution >= 4 is 61.6 Å². The van der Waals surface area contributed by atoms with Gasteiger partial charge in [-0.2, -0.15) is 9.78 Å². The standard InChI is InChI=1S/C27H19BrClN3O5/c1-15(27(34)35-2)36-24-19(28)11-16(12-20(24)29)14-30-32-25(23-13-17-7-3-6-10-22(17)37-23)31-21-9-5-4-8-18(21)26(32)33/h3-15H,1-2H3/t15-/m0/s1. The number of halogens is 2. The SMILES string of the molecule is COC(=O)[C@H](C)Oc1c(Cl)cc(C=Nn2c(-c3cc4ccccc4o3)nc3ccccc3c2=O)cc1Br. The molecule has 0 bridgehead atoms. The van der Waals surface area contributed by atoms with Crippen molar-refractivity contribution in [1.29, 1.82) is 0 Å². The third-order valence-electron chi connectivity index (χ3n) is 5.57. The Morgan fingerprint density at radius 1 is 1.16 bits per heavy atom. The smallest absolute Gasteiger partial charge is 0.346 e. The molecule has 0 saturated heterocycles. The number of benzene rings is 3. The van der Waals surface area contributed by atoms with Crippen molar-refractivity contribution < 1.29 is 18.7 Å². The van der Waals surface area contributed by atoms with Crippen LogP contribution in [0, 0.1) is 0 Å². The number of furan rings is 1. The highest BCUT2D eigenvalue weighted by Gasteiger charge is 2.19. The molecule has 5 aromatic rings. The molecule has 1 atom stereocenters. The lowest BCUT2D eigenvalue weighted by Gasteiger charge is -2.15. The fourth-order valence-corrected chi connectivity index (χ4v) is 4.72. The number of hydrogen-bond donors (Lipinski definition) is 0. The van der Waals surface area contributed by atoms with Crippen LogP contribution in [-0.4, -0.2) is 35.1 Å². The number of fused-ring (bicyclic) bond motifs is 2. The molecule has 37 heavy (non-hydrogen) atoms. The number of methoxy groups -OCH3 is 1. The molecule has 3 aromatic carbocycles. The number of nitrogens with zero attached hydrogens (tertiary/aromatic N) is 3. The van der Waals surface area contributed by atoms with E-state index in [0.717, 1.165) is 5.39 Å². The van der Waals surface area contributed by atoms with Crippen LogP contribution in [0.1, 0.15) is 12.5 Å². The minimum absolute atomic E-state index is 0.244. The van der Waals surface area contributed by atoms with E-state index in [1.807, 2.05) is 36.4 Å². The van der Waals surface area contributed by atoms with Gasteiger partial charge in [-0.05, 0) is 64.8 Å². The molecule has 2 heterocycles. The lowest BCUT2D eigenvalue weighted by Crippen LogP contribution is -2.25. The maximum absolute atomic E-state index is 13.4. The predicted molar refractivity (Wildman–Crippen MR) is 145 cm³/mol. The first kappa shape index (κ1) is 24.7. The Kier molecular flexibility index (Phi) is 6.82. The highest BCUT2D eigenvalue weighted by Crippen LogP contribution is 2.35. The van der Waals surface area contributed by atoms with Crippen LogP contribution in [0.5, 0.6) is 5.75 Å². The zero-order valence-electron chi connectivity index (χ0n) is 19.6. The van der Waals surface area contributed by atoms with Crippen molar-refractivity contribution in [2.24, 2.45) is 5.10 Å². The molecule has 0 saturated carbocycles. The van der Waals surface area contributed by atoms with Gasteiger partial charge in [-0.25, -0.2) is 9.78 Å². The van der Waals surface area contributed by atoms with E-state index in [-0.39, 0.29) is 22.2 Å². The van der Waals surface area contributed by atoms with Crippen LogP contribution in [0.25, 0.3) is 33.5 Å². The molecule has 0 aliphatic rings. The largest absolute Gasteiger partial charge is 0.476 e. The minimum atomic E-state index is -0.855. The van der Waals surface area contributed by atoms with Crippen molar-refractivity contribution in [2.75, 3.05) is 7.11 Å². The fourth-order valence-electron chi connectivity index (χ4n) is 3.76. The van der Waals surface area contributed by atoms with Crippen LogP contribution in [-0.2, 0) is 9.53 Å². The second-order valence-electron chi connectivity index (χ2n) is 8.06. The topological polar surface area (TPSA) is 95.9 Å². The minimum Gasteiger partial charge on any atom is -0.476 e. The van der Waals surface area contributed by atoms with E-state index < -0.39 is 12.1 Å². The van der Waals surface area contributed by atoms with Crippen LogP contribution in [0.2, 0.25) is 5.02 Å². The fraction of sp³-hybridized carbons (Fsp3) is 0.111. The summed E-state index contributed by atoms with van der Waals surface area (Å²) in [5.41, 5.74) is 1.42. The number of aromatic nitrogens is 2. The molecular weight excluding hydrogens is 562 g/mol. The molecule has 0 radical (unpaired) electrons. The molecule has 10 heteroatoms. The van der Waals surface area contributed by atoms with Gasteiger partial charge in [0.1, 0.15) is 5.58 Å². The zero-order valence-corrected chi connectivity index (χ0v) is 22.0. The second-order valence-corrected chi connectivity index (χ2v) is 9.32. The summed E-state index contributed by atoms with van der Waals surface area (Å²) in [5, 5.41) is 5.99. The number of hydrogen-bond acceptors (Lipinski definition) is 7. The van der Waals surface area contributed by atoms with Gasteiger partial charge in [0.2, 0.25) is 5.82 Å². The Morgan fingerprint density at radius 2 is 1.92 bits per heavy atom. The van der Waals surface area contributed by atoms with Gasteiger partial charge in [0, 0.05) is 5.39 Å². The molecule has 0 aliphatic heterocycles. The Bertz CT molecular complexity index is 1690. The number of carbonyl (C=O) groups excluding carboxylic acids is 1. The Balaban J connectivity index is 1.59. The number of rotatable bonds is 6. The summed E-state index contributed by atoms with van der Waals surface area (Å²) < 4.78 is 18.0. The van der Waals surface area contributed by atoms with E-state index in [9.17, 15) is 9.59 Å². The molecule has 2 aromatic heterocycles. The molecular formula is C27H19BrClN3O5. The highest BCUT2D eigenvalue weighted by atomic mass is 79.9. The Hall–Kier alpha value is -3.95. The lowest BCUT2D eigenvalue weighted by atomic mass is 10.2. The first-order valence-electron chi connectivity index (χ1n) is 11.1. The van der Waals surface area contributed by atoms with Gasteiger partial charge in [0.15, 0.2) is 17.6 Å². The van der Waals surface area contributed by atoms with Gasteiger partial charge < -0.3 is 13.9 Å². The molecule has 5 rings (SSSR count). The summed E-state index contributed by atoms with van der Waals surface area (Å²) in [6.07, 6.45) is 0.626. The Labute approximate surface area is 224 Å². The van der Waals surface area contributed by atoms with Crippen LogP contribution < -0.4 is 10.3 Å². The number of carbonyl (C=O) groups is 1. The van der Waals surface area contributed by atoms with Gasteiger partial charge in [-0.3, -0.25) is 4.79 Å². The molecule has 0 aliphatic carbocycles.